The van der Waals surface area contributed by atoms with E-state index in [0.29, 0.717) is 16.9 Å². The van der Waals surface area contributed by atoms with Crippen LogP contribution in [0, 0.1) is 0 Å². The maximum atomic E-state index is 11.6. The van der Waals surface area contributed by atoms with Gasteiger partial charge in [0.25, 0.3) is 0 Å². The molecule has 0 fully saturated rings. The first-order valence-electron chi connectivity index (χ1n) is 4.90. The highest BCUT2D eigenvalue weighted by atomic mass is 16.3. The van der Waals surface area contributed by atoms with E-state index in [9.17, 15) is 9.90 Å². The molecule has 3 rings (SSSR count). The van der Waals surface area contributed by atoms with Gasteiger partial charge in [-0.3, -0.25) is 4.79 Å². The number of phenols is 1. The average molecular weight is 212 g/mol. The number of benzene rings is 2. The number of para-hydroxylation sites is 1. The smallest absolute Gasteiger partial charge is 0.193 e. The third-order valence-electron chi connectivity index (χ3n) is 2.53. The van der Waals surface area contributed by atoms with E-state index in [2.05, 4.69) is 0 Å². The molecular formula is C13H8O3. The molecular weight excluding hydrogens is 204 g/mol. The Labute approximate surface area is 90.9 Å². The van der Waals surface area contributed by atoms with Crippen molar-refractivity contribution in [1.29, 1.82) is 0 Å². The van der Waals surface area contributed by atoms with Crippen LogP contribution in [0.1, 0.15) is 0 Å². The molecule has 3 heteroatoms. The van der Waals surface area contributed by atoms with Gasteiger partial charge in [0.2, 0.25) is 0 Å². The van der Waals surface area contributed by atoms with Gasteiger partial charge in [-0.2, -0.15) is 0 Å². The Morgan fingerprint density at radius 1 is 1.06 bits per heavy atom. The van der Waals surface area contributed by atoms with Crippen LogP contribution in [0.15, 0.2) is 51.7 Å². The molecule has 1 N–H and O–H groups in total. The molecule has 0 saturated heterocycles. The fourth-order valence-electron chi connectivity index (χ4n) is 1.78. The monoisotopic (exact) mass is 212 g/mol. The summed E-state index contributed by atoms with van der Waals surface area (Å²) < 4.78 is 5.55. The Morgan fingerprint density at radius 3 is 2.75 bits per heavy atom. The lowest BCUT2D eigenvalue weighted by atomic mass is 10.1. The van der Waals surface area contributed by atoms with Crippen LogP contribution < -0.4 is 5.43 Å². The Balaban J connectivity index is 2.52. The number of hydrogen-bond donors (Lipinski definition) is 1. The fraction of sp³-hybridized carbons (Fsp3) is 0. The predicted molar refractivity (Wildman–Crippen MR) is 60.8 cm³/mol. The maximum Gasteiger partial charge on any atom is 0.193 e. The van der Waals surface area contributed by atoms with Gasteiger partial charge < -0.3 is 9.52 Å². The van der Waals surface area contributed by atoms with E-state index in [-0.39, 0.29) is 11.2 Å². The van der Waals surface area contributed by atoms with Crippen LogP contribution in [-0.2, 0) is 0 Å². The minimum atomic E-state index is -0.232. The summed E-state index contributed by atoms with van der Waals surface area (Å²) in [6.45, 7) is 0. The Morgan fingerprint density at radius 2 is 1.88 bits per heavy atom. The summed E-state index contributed by atoms with van der Waals surface area (Å²) in [5.74, 6) is 0.334. The van der Waals surface area contributed by atoms with Crippen molar-refractivity contribution in [2.75, 3.05) is 0 Å². The molecule has 0 aromatic heterocycles. The number of rotatable bonds is 0. The molecule has 0 saturated carbocycles. The molecule has 78 valence electrons. The van der Waals surface area contributed by atoms with E-state index in [4.69, 9.17) is 4.42 Å². The van der Waals surface area contributed by atoms with Crippen molar-refractivity contribution in [2.24, 2.45) is 0 Å². The van der Waals surface area contributed by atoms with Crippen LogP contribution in [0.25, 0.3) is 22.3 Å². The second-order valence-corrected chi connectivity index (χ2v) is 3.64. The molecule has 0 bridgehead atoms. The molecule has 0 unspecified atom stereocenters. The van der Waals surface area contributed by atoms with Crippen LogP contribution in [0.4, 0.5) is 0 Å². The molecule has 16 heavy (non-hydrogen) atoms. The lowest BCUT2D eigenvalue weighted by Gasteiger charge is -2.06. The maximum absolute atomic E-state index is 11.6. The fourth-order valence-corrected chi connectivity index (χ4v) is 1.78. The summed E-state index contributed by atoms with van der Waals surface area (Å²) in [6, 6.07) is 11.9. The van der Waals surface area contributed by atoms with Gasteiger partial charge in [-0.05, 0) is 12.1 Å². The summed E-state index contributed by atoms with van der Waals surface area (Å²) in [5.41, 5.74) is 0.945. The van der Waals surface area contributed by atoms with E-state index in [1.165, 1.54) is 12.1 Å². The highest BCUT2D eigenvalue weighted by Gasteiger charge is 2.11. The van der Waals surface area contributed by atoms with Gasteiger partial charge >= 0.3 is 0 Å². The number of hydrogen-bond acceptors (Lipinski definition) is 3. The van der Waals surface area contributed by atoms with Crippen molar-refractivity contribution in [2.45, 2.75) is 0 Å². The van der Waals surface area contributed by atoms with Crippen LogP contribution in [0.3, 0.4) is 0 Å². The predicted octanol–water partition coefficient (Wildman–Crippen LogP) is 2.60. The van der Waals surface area contributed by atoms with E-state index in [0.717, 1.165) is 5.39 Å². The summed E-state index contributed by atoms with van der Waals surface area (Å²) in [4.78, 5) is 11.6. The first kappa shape index (κ1) is 8.97. The zero-order chi connectivity index (χ0) is 11.1. The van der Waals surface area contributed by atoms with Crippen molar-refractivity contribution in [3.05, 3.63) is 52.7 Å². The van der Waals surface area contributed by atoms with Crippen LogP contribution >= 0.6 is 0 Å². The average Bonchev–Trinajstić information content (AvgIpc) is 2.27. The SMILES string of the molecule is O=c1cc(O)cc2oc3ccccc3cc1-2. The first-order valence-corrected chi connectivity index (χ1v) is 4.90. The van der Waals surface area contributed by atoms with Gasteiger partial charge in [-0.15, -0.1) is 0 Å². The van der Waals surface area contributed by atoms with E-state index < -0.39 is 0 Å². The topological polar surface area (TPSA) is 50.4 Å². The molecule has 2 aliphatic rings. The first-order chi connectivity index (χ1) is 7.74. The van der Waals surface area contributed by atoms with Gasteiger partial charge in [0.05, 0.1) is 5.56 Å². The molecule has 1 aliphatic heterocycles. The molecule has 3 nitrogen and oxygen atoms in total. The van der Waals surface area contributed by atoms with Crippen molar-refractivity contribution in [3.63, 3.8) is 0 Å². The number of aromatic hydroxyl groups is 1. The van der Waals surface area contributed by atoms with Gasteiger partial charge in [0, 0.05) is 17.5 Å². The van der Waals surface area contributed by atoms with Crippen molar-refractivity contribution in [1.82, 2.24) is 0 Å². The second-order valence-electron chi connectivity index (χ2n) is 3.64. The third kappa shape index (κ3) is 1.26. The highest BCUT2D eigenvalue weighted by Crippen LogP contribution is 2.27. The normalized spacial score (nSPS) is 11.0. The Hall–Kier alpha value is -2.29. The van der Waals surface area contributed by atoms with Gasteiger partial charge in [-0.25, -0.2) is 0 Å². The molecule has 0 amide bonds. The third-order valence-corrected chi connectivity index (χ3v) is 2.53. The molecule has 1 aromatic rings. The van der Waals surface area contributed by atoms with Crippen molar-refractivity contribution < 1.29 is 9.52 Å². The number of phenolic OH excluding ortho intramolecular Hbond substituents is 1. The van der Waals surface area contributed by atoms with E-state index in [1.807, 2.05) is 24.3 Å². The minimum absolute atomic E-state index is 0.0727. The molecule has 1 heterocycles. The lowest BCUT2D eigenvalue weighted by molar-refractivity contribution is 0.472. The lowest BCUT2D eigenvalue weighted by Crippen LogP contribution is -2.03. The zero-order valence-electron chi connectivity index (χ0n) is 8.31. The van der Waals surface area contributed by atoms with Crippen molar-refractivity contribution >= 4 is 11.0 Å². The summed E-state index contributed by atoms with van der Waals surface area (Å²) in [6.07, 6.45) is 0. The molecule has 0 spiro atoms. The minimum Gasteiger partial charge on any atom is -0.508 e. The Kier molecular flexibility index (Phi) is 1.74. The summed E-state index contributed by atoms with van der Waals surface area (Å²) >= 11 is 0. The van der Waals surface area contributed by atoms with Crippen molar-refractivity contribution in [3.8, 4) is 17.1 Å². The van der Waals surface area contributed by atoms with Crippen LogP contribution in [0.2, 0.25) is 0 Å². The van der Waals surface area contributed by atoms with Crippen LogP contribution in [0.5, 0.6) is 5.75 Å². The van der Waals surface area contributed by atoms with E-state index >= 15 is 0 Å². The van der Waals surface area contributed by atoms with Gasteiger partial charge in [0.1, 0.15) is 17.1 Å². The summed E-state index contributed by atoms with van der Waals surface area (Å²) in [5, 5.41) is 10.2. The quantitative estimate of drug-likeness (QED) is 0.583. The highest BCUT2D eigenvalue weighted by molar-refractivity contribution is 5.82. The van der Waals surface area contributed by atoms with Crippen LogP contribution in [-0.4, -0.2) is 5.11 Å². The zero-order valence-corrected chi connectivity index (χ0v) is 8.31. The molecule has 1 aromatic carbocycles. The van der Waals surface area contributed by atoms with Gasteiger partial charge in [0.15, 0.2) is 5.43 Å². The molecule has 0 atom stereocenters. The Bertz CT molecular complexity index is 697. The standard InChI is InChI=1S/C13H8O3/c14-9-6-11(15)10-5-8-3-1-2-4-12(8)16-13(10)7-9/h1-7,14H. The number of fused-ring (bicyclic) bond motifs is 2. The second kappa shape index (κ2) is 3.10. The summed E-state index contributed by atoms with van der Waals surface area (Å²) in [7, 11) is 0. The van der Waals surface area contributed by atoms with Gasteiger partial charge in [-0.1, -0.05) is 18.2 Å². The molecule has 0 radical (unpaired) electrons. The largest absolute Gasteiger partial charge is 0.508 e. The molecule has 1 aliphatic carbocycles. The van der Waals surface area contributed by atoms with E-state index in [1.54, 1.807) is 6.07 Å².